The fourth-order valence-electron chi connectivity index (χ4n) is 2.43. The van der Waals surface area contributed by atoms with Crippen molar-refractivity contribution >= 4 is 22.4 Å². The third-order valence-corrected chi connectivity index (χ3v) is 4.31. The van der Waals surface area contributed by atoms with Gasteiger partial charge >= 0.3 is 5.97 Å². The minimum absolute atomic E-state index is 0.246. The van der Waals surface area contributed by atoms with Gasteiger partial charge in [0.2, 0.25) is 0 Å². The van der Waals surface area contributed by atoms with Gasteiger partial charge in [-0.05, 0) is 19.3 Å². The molecular weight excluding hydrogens is 252 g/mol. The highest BCUT2D eigenvalue weighted by Gasteiger charge is 2.30. The normalized spacial score (nSPS) is 23.6. The van der Waals surface area contributed by atoms with Gasteiger partial charge in [-0.15, -0.1) is 0 Å². The lowest BCUT2D eigenvalue weighted by Gasteiger charge is -2.19. The van der Waals surface area contributed by atoms with Crippen LogP contribution in [-0.4, -0.2) is 35.8 Å². The maximum absolute atomic E-state index is 11.2. The number of aromatic carboxylic acids is 1. The van der Waals surface area contributed by atoms with Gasteiger partial charge in [-0.3, -0.25) is 0 Å². The van der Waals surface area contributed by atoms with Crippen LogP contribution < -0.4 is 4.90 Å². The van der Waals surface area contributed by atoms with Crippen molar-refractivity contribution in [2.75, 3.05) is 18.6 Å². The number of thiazole rings is 1. The second-order valence-electron chi connectivity index (χ2n) is 4.85. The Labute approximate surface area is 110 Å². The molecule has 2 rings (SSSR count). The third-order valence-electron chi connectivity index (χ3n) is 3.19. The lowest BCUT2D eigenvalue weighted by atomic mass is 10.1. The molecular formula is C12H18N2O3S. The number of aromatic nitrogens is 1. The smallest absolute Gasteiger partial charge is 0.347 e. The molecule has 2 atom stereocenters. The van der Waals surface area contributed by atoms with E-state index in [1.54, 1.807) is 7.11 Å². The second-order valence-corrected chi connectivity index (χ2v) is 5.83. The Bertz CT molecular complexity index is 447. The largest absolute Gasteiger partial charge is 0.477 e. The summed E-state index contributed by atoms with van der Waals surface area (Å²) in [4.78, 5) is 18.1. The van der Waals surface area contributed by atoms with Crippen molar-refractivity contribution in [3.05, 3.63) is 10.6 Å². The second kappa shape index (κ2) is 5.24. The van der Waals surface area contributed by atoms with E-state index in [1.807, 2.05) is 0 Å². The van der Waals surface area contributed by atoms with Gasteiger partial charge in [0.1, 0.15) is 4.88 Å². The molecule has 1 aromatic rings. The van der Waals surface area contributed by atoms with Crippen LogP contribution in [0.25, 0.3) is 0 Å². The number of methoxy groups -OCH3 is 1. The molecule has 2 unspecified atom stereocenters. The molecule has 0 radical (unpaired) electrons. The van der Waals surface area contributed by atoms with Gasteiger partial charge < -0.3 is 14.7 Å². The summed E-state index contributed by atoms with van der Waals surface area (Å²) < 4.78 is 5.00. The summed E-state index contributed by atoms with van der Waals surface area (Å²) in [7, 11) is 1.55. The lowest BCUT2D eigenvalue weighted by molar-refractivity contribution is 0.0697. The molecule has 0 saturated carbocycles. The topological polar surface area (TPSA) is 62.7 Å². The molecule has 0 aliphatic carbocycles. The molecule has 1 aromatic heterocycles. The molecule has 1 saturated heterocycles. The van der Waals surface area contributed by atoms with Gasteiger partial charge in [-0.2, -0.15) is 0 Å². The monoisotopic (exact) mass is 270 g/mol. The fraction of sp³-hybridized carbons (Fsp3) is 0.667. The number of nitrogens with zero attached hydrogens (tertiary/aromatic N) is 2. The van der Waals surface area contributed by atoms with Crippen molar-refractivity contribution < 1.29 is 14.6 Å². The molecule has 2 heterocycles. The summed E-state index contributed by atoms with van der Waals surface area (Å²) in [5.74, 6) is -0.297. The molecule has 100 valence electrons. The SMILES string of the molecule is COCc1nc(N2CC(C)CC2C)sc1C(=O)O. The number of carboxylic acid groups (broad SMARTS) is 1. The Morgan fingerprint density at radius 2 is 2.33 bits per heavy atom. The Balaban J connectivity index is 2.29. The maximum atomic E-state index is 11.2. The average molecular weight is 270 g/mol. The van der Waals surface area contributed by atoms with Gasteiger partial charge in [0.05, 0.1) is 12.3 Å². The van der Waals surface area contributed by atoms with E-state index in [-0.39, 0.29) is 6.61 Å². The van der Waals surface area contributed by atoms with Crippen LogP contribution in [0.15, 0.2) is 0 Å². The Hall–Kier alpha value is -1.14. The predicted octanol–water partition coefficient (Wildman–Crippen LogP) is 2.22. The fourth-order valence-corrected chi connectivity index (χ4v) is 3.45. The van der Waals surface area contributed by atoms with Crippen molar-refractivity contribution in [3.8, 4) is 0 Å². The Kier molecular flexibility index (Phi) is 3.87. The summed E-state index contributed by atoms with van der Waals surface area (Å²) in [5.41, 5.74) is 0.525. The zero-order valence-corrected chi connectivity index (χ0v) is 11.7. The van der Waals surface area contributed by atoms with E-state index in [1.165, 1.54) is 11.3 Å². The summed E-state index contributed by atoms with van der Waals surface area (Å²) in [6.45, 7) is 5.55. The van der Waals surface area contributed by atoms with Crippen LogP contribution in [0.2, 0.25) is 0 Å². The quantitative estimate of drug-likeness (QED) is 0.909. The van der Waals surface area contributed by atoms with Gasteiger partial charge in [-0.25, -0.2) is 9.78 Å². The molecule has 0 amide bonds. The zero-order valence-electron chi connectivity index (χ0n) is 10.8. The van der Waals surface area contributed by atoms with Crippen LogP contribution in [0.5, 0.6) is 0 Å². The van der Waals surface area contributed by atoms with Crippen LogP contribution in [0.1, 0.15) is 35.6 Å². The van der Waals surface area contributed by atoms with Gasteiger partial charge in [0.25, 0.3) is 0 Å². The van der Waals surface area contributed by atoms with Crippen LogP contribution in [0.4, 0.5) is 5.13 Å². The lowest BCUT2D eigenvalue weighted by Crippen LogP contribution is -2.26. The van der Waals surface area contributed by atoms with Crippen molar-refractivity contribution in [2.45, 2.75) is 32.9 Å². The van der Waals surface area contributed by atoms with Gasteiger partial charge in [0, 0.05) is 19.7 Å². The highest BCUT2D eigenvalue weighted by Crippen LogP contribution is 2.33. The Morgan fingerprint density at radius 3 is 2.83 bits per heavy atom. The van der Waals surface area contributed by atoms with E-state index in [9.17, 15) is 4.79 Å². The van der Waals surface area contributed by atoms with Crippen molar-refractivity contribution in [1.82, 2.24) is 4.98 Å². The maximum Gasteiger partial charge on any atom is 0.347 e. The molecule has 1 N–H and O–H groups in total. The molecule has 0 aromatic carbocycles. The van der Waals surface area contributed by atoms with Gasteiger partial charge in [-0.1, -0.05) is 18.3 Å². The third kappa shape index (κ3) is 2.49. The number of hydrogen-bond acceptors (Lipinski definition) is 5. The standard InChI is InChI=1S/C12H18N2O3S/c1-7-4-8(2)14(5-7)12-13-9(6-17-3)10(18-12)11(15)16/h7-8H,4-6H2,1-3H3,(H,15,16). The number of ether oxygens (including phenoxy) is 1. The van der Waals surface area contributed by atoms with E-state index in [0.717, 1.165) is 18.1 Å². The summed E-state index contributed by atoms with van der Waals surface area (Å²) in [6, 6.07) is 0.420. The van der Waals surface area contributed by atoms with E-state index in [0.29, 0.717) is 22.5 Å². The average Bonchev–Trinajstić information content (AvgIpc) is 2.83. The minimum Gasteiger partial charge on any atom is -0.477 e. The predicted molar refractivity (Wildman–Crippen MR) is 70.4 cm³/mol. The highest BCUT2D eigenvalue weighted by atomic mass is 32.1. The van der Waals surface area contributed by atoms with Crippen molar-refractivity contribution in [1.29, 1.82) is 0 Å². The van der Waals surface area contributed by atoms with E-state index >= 15 is 0 Å². The molecule has 6 heteroatoms. The first-order valence-corrected chi connectivity index (χ1v) is 6.83. The first-order chi connectivity index (χ1) is 8.52. The van der Waals surface area contributed by atoms with Crippen LogP contribution >= 0.6 is 11.3 Å². The molecule has 5 nitrogen and oxygen atoms in total. The molecule has 1 aliphatic heterocycles. The van der Waals surface area contributed by atoms with Crippen molar-refractivity contribution in [3.63, 3.8) is 0 Å². The molecule has 1 aliphatic rings. The summed E-state index contributed by atoms with van der Waals surface area (Å²) in [5, 5.41) is 9.96. The van der Waals surface area contributed by atoms with E-state index in [2.05, 4.69) is 23.7 Å². The number of rotatable bonds is 4. The summed E-state index contributed by atoms with van der Waals surface area (Å²) in [6.07, 6.45) is 1.13. The first-order valence-electron chi connectivity index (χ1n) is 6.01. The Morgan fingerprint density at radius 1 is 1.61 bits per heavy atom. The van der Waals surface area contributed by atoms with Gasteiger partial charge in [0.15, 0.2) is 5.13 Å². The number of carboxylic acids is 1. The van der Waals surface area contributed by atoms with E-state index < -0.39 is 5.97 Å². The first kappa shape index (κ1) is 13.3. The molecule has 18 heavy (non-hydrogen) atoms. The number of carbonyl (C=O) groups is 1. The molecule has 0 spiro atoms. The van der Waals surface area contributed by atoms with Crippen LogP contribution in [0.3, 0.4) is 0 Å². The molecule has 1 fully saturated rings. The van der Waals surface area contributed by atoms with Crippen LogP contribution in [0, 0.1) is 5.92 Å². The highest BCUT2D eigenvalue weighted by molar-refractivity contribution is 7.17. The number of hydrogen-bond donors (Lipinski definition) is 1. The molecule has 0 bridgehead atoms. The minimum atomic E-state index is -0.925. The number of anilines is 1. The summed E-state index contributed by atoms with van der Waals surface area (Å²) >= 11 is 1.25. The van der Waals surface area contributed by atoms with E-state index in [4.69, 9.17) is 9.84 Å². The van der Waals surface area contributed by atoms with Crippen molar-refractivity contribution in [2.24, 2.45) is 5.92 Å². The zero-order chi connectivity index (χ0) is 13.3. The van der Waals surface area contributed by atoms with Crippen LogP contribution in [-0.2, 0) is 11.3 Å².